The molecule has 0 aliphatic heterocycles. The summed E-state index contributed by atoms with van der Waals surface area (Å²) < 4.78 is 11.3. The summed E-state index contributed by atoms with van der Waals surface area (Å²) >= 11 is 15.8. The van der Waals surface area contributed by atoms with Crippen LogP contribution in [0.5, 0.6) is 5.75 Å². The van der Waals surface area contributed by atoms with Gasteiger partial charge in [0.25, 0.3) is 0 Å². The largest absolute Gasteiger partial charge is 0.495 e. The van der Waals surface area contributed by atoms with E-state index in [2.05, 4.69) is 26.2 Å². The van der Waals surface area contributed by atoms with Crippen molar-refractivity contribution in [3.8, 4) is 5.75 Å². The van der Waals surface area contributed by atoms with Crippen molar-refractivity contribution in [2.75, 3.05) is 19.0 Å². The Hall–Kier alpha value is -2.02. The first-order chi connectivity index (χ1) is 14.0. The van der Waals surface area contributed by atoms with E-state index in [0.717, 1.165) is 26.5 Å². The van der Waals surface area contributed by atoms with Crippen LogP contribution in [0.2, 0.25) is 5.02 Å². The number of hydrogen-bond acceptors (Lipinski definition) is 5. The number of anilines is 1. The Morgan fingerprint density at radius 1 is 1.28 bits per heavy atom. The second-order valence-electron chi connectivity index (χ2n) is 6.18. The number of esters is 1. The Morgan fingerprint density at radius 3 is 2.72 bits per heavy atom. The first kappa shape index (κ1) is 21.7. The van der Waals surface area contributed by atoms with Gasteiger partial charge < -0.3 is 14.8 Å². The molecule has 152 valence electrons. The van der Waals surface area contributed by atoms with E-state index in [1.54, 1.807) is 20.1 Å². The predicted octanol–water partition coefficient (Wildman–Crippen LogP) is 6.19. The number of pyridine rings is 1. The second kappa shape index (κ2) is 9.65. The molecule has 0 aliphatic rings. The van der Waals surface area contributed by atoms with E-state index in [1.807, 2.05) is 24.3 Å². The van der Waals surface area contributed by atoms with Crippen LogP contribution in [0, 0.1) is 0 Å². The number of nitrogens with zero attached hydrogens (tertiary/aromatic N) is 1. The molecule has 1 N–H and O–H groups in total. The van der Waals surface area contributed by atoms with Gasteiger partial charge in [-0.25, -0.2) is 4.79 Å². The molecule has 1 heterocycles. The maximum atomic E-state index is 12.5. The van der Waals surface area contributed by atoms with Gasteiger partial charge in [-0.3, -0.25) is 4.98 Å². The molecule has 0 atom stereocenters. The second-order valence-corrected chi connectivity index (χ2v) is 7.77. The minimum atomic E-state index is -0.440. The van der Waals surface area contributed by atoms with Crippen LogP contribution < -0.4 is 10.1 Å². The summed E-state index contributed by atoms with van der Waals surface area (Å²) in [5, 5.41) is 4.65. The van der Waals surface area contributed by atoms with Gasteiger partial charge in [0.2, 0.25) is 0 Å². The average Bonchev–Trinajstić information content (AvgIpc) is 2.71. The number of methoxy groups -OCH3 is 1. The molecule has 2 aromatic carbocycles. The fraction of sp³-hybridized carbons (Fsp3) is 0.238. The van der Waals surface area contributed by atoms with E-state index in [0.29, 0.717) is 34.4 Å². The molecule has 0 fully saturated rings. The molecule has 0 unspecified atom stereocenters. The predicted molar refractivity (Wildman–Crippen MR) is 120 cm³/mol. The highest BCUT2D eigenvalue weighted by atomic mass is 79.9. The number of halogens is 3. The van der Waals surface area contributed by atoms with Gasteiger partial charge in [-0.05, 0) is 42.3 Å². The molecule has 0 amide bonds. The van der Waals surface area contributed by atoms with Crippen molar-refractivity contribution >= 4 is 61.7 Å². The average molecular weight is 498 g/mol. The topological polar surface area (TPSA) is 60.5 Å². The lowest BCUT2D eigenvalue weighted by atomic mass is 10.1. The lowest BCUT2D eigenvalue weighted by Gasteiger charge is -2.16. The van der Waals surface area contributed by atoms with Gasteiger partial charge in [0.15, 0.2) is 0 Å². The van der Waals surface area contributed by atoms with Gasteiger partial charge in [-0.2, -0.15) is 0 Å². The third kappa shape index (κ3) is 4.77. The molecule has 0 saturated heterocycles. The highest BCUT2D eigenvalue weighted by molar-refractivity contribution is 9.10. The summed E-state index contributed by atoms with van der Waals surface area (Å²) in [6.45, 7) is 2.48. The van der Waals surface area contributed by atoms with Gasteiger partial charge in [0.05, 0.1) is 29.9 Å². The van der Waals surface area contributed by atoms with Gasteiger partial charge in [-0.15, -0.1) is 11.6 Å². The number of hydrogen-bond donors (Lipinski definition) is 1. The number of fused-ring (bicyclic) bond motifs is 1. The molecule has 5 nitrogen and oxygen atoms in total. The van der Waals surface area contributed by atoms with Crippen LogP contribution in [0.15, 0.2) is 41.0 Å². The van der Waals surface area contributed by atoms with E-state index in [4.69, 9.17) is 32.7 Å². The van der Waals surface area contributed by atoms with Crippen molar-refractivity contribution in [3.05, 3.63) is 62.7 Å². The summed E-state index contributed by atoms with van der Waals surface area (Å²) in [7, 11) is 1.57. The van der Waals surface area contributed by atoms with Crippen LogP contribution in [-0.4, -0.2) is 24.7 Å². The zero-order valence-electron chi connectivity index (χ0n) is 15.9. The fourth-order valence-corrected chi connectivity index (χ4v) is 3.99. The molecule has 0 aliphatic carbocycles. The monoisotopic (exact) mass is 496 g/mol. The number of ether oxygens (including phenoxy) is 2. The number of rotatable bonds is 7. The lowest BCUT2D eigenvalue weighted by Crippen LogP contribution is -2.11. The number of carbonyl (C=O) groups is 1. The third-order valence-corrected chi connectivity index (χ3v) is 5.38. The molecule has 0 spiro atoms. The normalized spacial score (nSPS) is 10.8. The summed E-state index contributed by atoms with van der Waals surface area (Å²) in [4.78, 5) is 17.0. The molecule has 8 heteroatoms. The van der Waals surface area contributed by atoms with Crippen LogP contribution in [-0.2, 0) is 17.2 Å². The van der Waals surface area contributed by atoms with Crippen molar-refractivity contribution in [1.29, 1.82) is 0 Å². The molecule has 1 aromatic heterocycles. The van der Waals surface area contributed by atoms with Crippen LogP contribution in [0.3, 0.4) is 0 Å². The van der Waals surface area contributed by atoms with E-state index in [1.165, 1.54) is 6.20 Å². The van der Waals surface area contributed by atoms with Gasteiger partial charge >= 0.3 is 5.97 Å². The van der Waals surface area contributed by atoms with Crippen molar-refractivity contribution in [3.63, 3.8) is 0 Å². The van der Waals surface area contributed by atoms with E-state index >= 15 is 0 Å². The zero-order valence-corrected chi connectivity index (χ0v) is 19.0. The zero-order chi connectivity index (χ0) is 21.0. The number of alkyl halides is 1. The van der Waals surface area contributed by atoms with Crippen LogP contribution >= 0.6 is 39.1 Å². The Balaban J connectivity index is 2.07. The molecule has 0 bridgehead atoms. The summed E-state index contributed by atoms with van der Waals surface area (Å²) in [6.07, 6.45) is 1.52. The summed E-state index contributed by atoms with van der Waals surface area (Å²) in [6, 6.07) is 9.36. The van der Waals surface area contributed by atoms with E-state index < -0.39 is 5.97 Å². The molecule has 29 heavy (non-hydrogen) atoms. The molecule has 3 rings (SSSR count). The quantitative estimate of drug-likeness (QED) is 0.311. The van der Waals surface area contributed by atoms with Gasteiger partial charge in [0.1, 0.15) is 11.3 Å². The third-order valence-electron chi connectivity index (χ3n) is 4.34. The highest BCUT2D eigenvalue weighted by Crippen LogP contribution is 2.33. The van der Waals surface area contributed by atoms with E-state index in [-0.39, 0.29) is 6.61 Å². The molecular weight excluding hydrogens is 479 g/mol. The molecular formula is C21H19BrCl2N2O3. The number of carbonyl (C=O) groups excluding carboxylic acids is 1. The minimum absolute atomic E-state index is 0.274. The Bertz CT molecular complexity index is 1060. The first-order valence-electron chi connectivity index (χ1n) is 8.89. The summed E-state index contributed by atoms with van der Waals surface area (Å²) in [5.74, 6) is 0.465. The number of nitrogens with one attached hydrogen (secondary N) is 1. The maximum absolute atomic E-state index is 12.5. The van der Waals surface area contributed by atoms with E-state index in [9.17, 15) is 4.79 Å². The van der Waals surface area contributed by atoms with Crippen molar-refractivity contribution in [2.24, 2.45) is 0 Å². The Labute approximate surface area is 187 Å². The minimum Gasteiger partial charge on any atom is -0.495 e. The van der Waals surface area contributed by atoms with Crippen LogP contribution in [0.25, 0.3) is 10.9 Å². The maximum Gasteiger partial charge on any atom is 0.341 e. The fourth-order valence-electron chi connectivity index (χ4n) is 3.00. The SMILES string of the molecule is CCOC(=O)c1cnc2c(CCl)cc(Br)cc2c1NCc1ccc(OC)c(Cl)c1. The molecule has 3 aromatic rings. The molecule has 0 saturated carbocycles. The number of benzene rings is 2. The summed E-state index contributed by atoms with van der Waals surface area (Å²) in [5.41, 5.74) is 3.52. The Morgan fingerprint density at radius 2 is 2.07 bits per heavy atom. The van der Waals surface area contributed by atoms with Crippen LogP contribution in [0.4, 0.5) is 5.69 Å². The lowest BCUT2D eigenvalue weighted by molar-refractivity contribution is 0.0527. The van der Waals surface area contributed by atoms with Crippen LogP contribution in [0.1, 0.15) is 28.4 Å². The molecule has 0 radical (unpaired) electrons. The number of aromatic nitrogens is 1. The van der Waals surface area contributed by atoms with Crippen molar-refractivity contribution in [2.45, 2.75) is 19.3 Å². The smallest absolute Gasteiger partial charge is 0.341 e. The highest BCUT2D eigenvalue weighted by Gasteiger charge is 2.18. The first-order valence-corrected chi connectivity index (χ1v) is 10.6. The Kier molecular flexibility index (Phi) is 7.22. The van der Waals surface area contributed by atoms with Crippen molar-refractivity contribution in [1.82, 2.24) is 4.98 Å². The van der Waals surface area contributed by atoms with Gasteiger partial charge in [0, 0.05) is 28.5 Å². The standard InChI is InChI=1S/C21H19BrCl2N2O3/c1-3-29-21(27)16-11-26-19-13(9-23)7-14(22)8-15(19)20(16)25-10-12-4-5-18(28-2)17(24)6-12/h4-8,11H,3,9-10H2,1-2H3,(H,25,26). The van der Waals surface area contributed by atoms with Crippen molar-refractivity contribution < 1.29 is 14.3 Å². The van der Waals surface area contributed by atoms with Gasteiger partial charge in [-0.1, -0.05) is 33.6 Å².